The van der Waals surface area contributed by atoms with Gasteiger partial charge >= 0.3 is 0 Å². The topological polar surface area (TPSA) is 69.6 Å². The summed E-state index contributed by atoms with van der Waals surface area (Å²) in [5.41, 5.74) is 0.295. The lowest BCUT2D eigenvalue weighted by Gasteiger charge is -2.15. The molecule has 1 aliphatic heterocycles. The van der Waals surface area contributed by atoms with Crippen LogP contribution in [0.25, 0.3) is 0 Å². The van der Waals surface area contributed by atoms with Gasteiger partial charge in [0.2, 0.25) is 10.0 Å². The van der Waals surface area contributed by atoms with E-state index in [0.29, 0.717) is 12.1 Å². The maximum atomic E-state index is 12.4. The molecular formula is C12H16Cl2N2O3S. The Morgan fingerprint density at radius 2 is 2.15 bits per heavy atom. The highest BCUT2D eigenvalue weighted by molar-refractivity contribution is 7.89. The molecule has 0 spiro atoms. The van der Waals surface area contributed by atoms with Crippen molar-refractivity contribution in [3.63, 3.8) is 0 Å². The number of likely N-dealkylation sites (N-methyl/N-ethyl adjacent to an activating group) is 1. The van der Waals surface area contributed by atoms with Crippen LogP contribution in [0.1, 0.15) is 12.0 Å². The van der Waals surface area contributed by atoms with Gasteiger partial charge in [-0.2, -0.15) is 0 Å². The number of hydrogen-bond donors (Lipinski definition) is 2. The minimum absolute atomic E-state index is 0.00996. The van der Waals surface area contributed by atoms with Crippen LogP contribution in [-0.2, 0) is 16.6 Å². The maximum absolute atomic E-state index is 12.4. The summed E-state index contributed by atoms with van der Waals surface area (Å²) in [6.07, 6.45) is 0.751. The highest BCUT2D eigenvalue weighted by Gasteiger charge is 2.27. The molecule has 0 aromatic heterocycles. The number of benzene rings is 1. The van der Waals surface area contributed by atoms with Crippen molar-refractivity contribution in [2.24, 2.45) is 0 Å². The Kier molecular flexibility index (Phi) is 4.94. The fourth-order valence-electron chi connectivity index (χ4n) is 2.24. The molecule has 2 rings (SSSR count). The van der Waals surface area contributed by atoms with Crippen LogP contribution in [0.3, 0.4) is 0 Å². The second-order valence-corrected chi connectivity index (χ2v) is 7.40. The first kappa shape index (κ1) is 16.0. The Labute approximate surface area is 128 Å². The number of rotatable bonds is 4. The van der Waals surface area contributed by atoms with Crippen molar-refractivity contribution in [1.82, 2.24) is 9.62 Å². The van der Waals surface area contributed by atoms with E-state index in [9.17, 15) is 13.5 Å². The lowest BCUT2D eigenvalue weighted by Crippen LogP contribution is -2.36. The van der Waals surface area contributed by atoms with Crippen LogP contribution in [0.15, 0.2) is 17.0 Å². The molecule has 1 fully saturated rings. The van der Waals surface area contributed by atoms with Crippen molar-refractivity contribution in [3.05, 3.63) is 27.7 Å². The van der Waals surface area contributed by atoms with Gasteiger partial charge in [0, 0.05) is 17.6 Å². The first-order valence-corrected chi connectivity index (χ1v) is 8.37. The predicted molar refractivity (Wildman–Crippen MR) is 78.6 cm³/mol. The summed E-state index contributed by atoms with van der Waals surface area (Å²) in [4.78, 5) is 1.96. The van der Waals surface area contributed by atoms with Gasteiger partial charge in [0.05, 0.1) is 11.6 Å². The monoisotopic (exact) mass is 338 g/mol. The maximum Gasteiger partial charge on any atom is 0.242 e. The summed E-state index contributed by atoms with van der Waals surface area (Å²) in [5, 5.41) is 9.42. The molecule has 0 bridgehead atoms. The van der Waals surface area contributed by atoms with Gasteiger partial charge in [-0.15, -0.1) is 0 Å². The molecule has 1 aromatic rings. The van der Waals surface area contributed by atoms with E-state index in [1.54, 1.807) is 0 Å². The Bertz CT molecular complexity index is 607. The Morgan fingerprint density at radius 3 is 2.70 bits per heavy atom. The van der Waals surface area contributed by atoms with Gasteiger partial charge in [-0.3, -0.25) is 0 Å². The lowest BCUT2D eigenvalue weighted by atomic mass is 10.2. The molecule has 1 aromatic carbocycles. The van der Waals surface area contributed by atoms with Crippen molar-refractivity contribution in [2.45, 2.75) is 24.0 Å². The summed E-state index contributed by atoms with van der Waals surface area (Å²) in [6, 6.07) is 2.61. The smallest absolute Gasteiger partial charge is 0.242 e. The molecule has 2 N–H and O–H groups in total. The van der Waals surface area contributed by atoms with Gasteiger partial charge < -0.3 is 10.0 Å². The number of hydrogen-bond acceptors (Lipinski definition) is 4. The number of aliphatic hydroxyl groups excluding tert-OH is 1. The van der Waals surface area contributed by atoms with Crippen LogP contribution in [0.4, 0.5) is 0 Å². The quantitative estimate of drug-likeness (QED) is 0.872. The van der Waals surface area contributed by atoms with Gasteiger partial charge in [0.25, 0.3) is 0 Å². The molecule has 1 atom stereocenters. The van der Waals surface area contributed by atoms with Gasteiger partial charge in [0.15, 0.2) is 0 Å². The lowest BCUT2D eigenvalue weighted by molar-refractivity contribution is 0.281. The van der Waals surface area contributed by atoms with E-state index in [1.165, 1.54) is 12.1 Å². The van der Waals surface area contributed by atoms with Gasteiger partial charge in [-0.1, -0.05) is 23.2 Å². The Hall–Kier alpha value is -0.370. The molecule has 0 saturated carbocycles. The number of aliphatic hydroxyl groups is 1. The summed E-state index contributed by atoms with van der Waals surface area (Å²) in [7, 11) is -1.82. The van der Waals surface area contributed by atoms with Gasteiger partial charge in [0.1, 0.15) is 4.90 Å². The highest BCUT2D eigenvalue weighted by atomic mass is 35.5. The van der Waals surface area contributed by atoms with Crippen LogP contribution in [-0.4, -0.2) is 44.6 Å². The Balaban J connectivity index is 2.32. The second-order valence-electron chi connectivity index (χ2n) is 4.90. The molecule has 20 heavy (non-hydrogen) atoms. The number of likely N-dealkylation sites (tertiary alicyclic amines) is 1. The largest absolute Gasteiger partial charge is 0.392 e. The standard InChI is InChI=1S/C12H16Cl2N2O3S/c1-16-3-2-10(6-16)15-20(18,19)11-5-9(13)4-8(7-17)12(11)14/h4-5,10,15,17H,2-3,6-7H2,1H3. The van der Waals surface area contributed by atoms with Crippen molar-refractivity contribution in [1.29, 1.82) is 0 Å². The fraction of sp³-hybridized carbons (Fsp3) is 0.500. The molecule has 0 aliphatic carbocycles. The molecule has 8 heteroatoms. The van der Waals surface area contributed by atoms with E-state index in [1.807, 2.05) is 11.9 Å². The minimum atomic E-state index is -3.76. The zero-order chi connectivity index (χ0) is 14.9. The SMILES string of the molecule is CN1CCC(NS(=O)(=O)c2cc(Cl)cc(CO)c2Cl)C1. The number of nitrogens with one attached hydrogen (secondary N) is 1. The molecule has 1 unspecified atom stereocenters. The molecule has 1 heterocycles. The average Bonchev–Trinajstić information content (AvgIpc) is 2.76. The van der Waals surface area contributed by atoms with Crippen LogP contribution in [0, 0.1) is 0 Å². The van der Waals surface area contributed by atoms with E-state index in [2.05, 4.69) is 4.72 Å². The molecular weight excluding hydrogens is 323 g/mol. The van der Waals surface area contributed by atoms with Crippen LogP contribution >= 0.6 is 23.2 Å². The summed E-state index contributed by atoms with van der Waals surface area (Å²) >= 11 is 11.9. The molecule has 112 valence electrons. The zero-order valence-electron chi connectivity index (χ0n) is 10.9. The van der Waals surface area contributed by atoms with Crippen LogP contribution in [0.2, 0.25) is 10.0 Å². The summed E-state index contributed by atoms with van der Waals surface area (Å²) in [5.74, 6) is 0. The average molecular weight is 339 g/mol. The molecule has 1 aliphatic rings. The normalized spacial score (nSPS) is 20.5. The second kappa shape index (κ2) is 6.17. The van der Waals surface area contributed by atoms with Crippen molar-refractivity contribution in [3.8, 4) is 0 Å². The van der Waals surface area contributed by atoms with Crippen molar-refractivity contribution >= 4 is 33.2 Å². The van der Waals surface area contributed by atoms with Crippen molar-refractivity contribution in [2.75, 3.05) is 20.1 Å². The minimum Gasteiger partial charge on any atom is -0.392 e. The van der Waals surface area contributed by atoms with E-state index >= 15 is 0 Å². The van der Waals surface area contributed by atoms with E-state index in [0.717, 1.165) is 13.0 Å². The number of nitrogens with zero attached hydrogens (tertiary/aromatic N) is 1. The summed E-state index contributed by atoms with van der Waals surface area (Å²) in [6.45, 7) is 1.14. The first-order chi connectivity index (χ1) is 9.33. The molecule has 0 amide bonds. The molecule has 0 radical (unpaired) electrons. The first-order valence-electron chi connectivity index (χ1n) is 6.13. The third kappa shape index (κ3) is 3.44. The third-order valence-electron chi connectivity index (χ3n) is 3.25. The van der Waals surface area contributed by atoms with Crippen molar-refractivity contribution < 1.29 is 13.5 Å². The van der Waals surface area contributed by atoms with E-state index in [-0.39, 0.29) is 27.6 Å². The zero-order valence-corrected chi connectivity index (χ0v) is 13.3. The number of halogens is 2. The van der Waals surface area contributed by atoms with E-state index in [4.69, 9.17) is 23.2 Å². The summed E-state index contributed by atoms with van der Waals surface area (Å²) < 4.78 is 27.4. The molecule has 1 saturated heterocycles. The predicted octanol–water partition coefficient (Wildman–Crippen LogP) is 1.47. The van der Waals surface area contributed by atoms with E-state index < -0.39 is 10.0 Å². The third-order valence-corrected chi connectivity index (χ3v) is 5.57. The Morgan fingerprint density at radius 1 is 1.45 bits per heavy atom. The van der Waals surface area contributed by atoms with Crippen LogP contribution < -0.4 is 4.72 Å². The molecule has 5 nitrogen and oxygen atoms in total. The fourth-order valence-corrected chi connectivity index (χ4v) is 4.43. The van der Waals surface area contributed by atoms with Gasteiger partial charge in [-0.05, 0) is 37.7 Å². The number of sulfonamides is 1. The van der Waals surface area contributed by atoms with Gasteiger partial charge in [-0.25, -0.2) is 13.1 Å². The van der Waals surface area contributed by atoms with Crippen LogP contribution in [0.5, 0.6) is 0 Å². The highest BCUT2D eigenvalue weighted by Crippen LogP contribution is 2.30.